The first-order valence-corrected chi connectivity index (χ1v) is 7.78. The van der Waals surface area contributed by atoms with Gasteiger partial charge in [0.15, 0.2) is 0 Å². The molecule has 116 valence electrons. The number of benzene rings is 1. The maximum absolute atomic E-state index is 9.45. The molecule has 0 unspecified atom stereocenters. The minimum absolute atomic E-state index is 0.439. The first-order chi connectivity index (χ1) is 10.0. The summed E-state index contributed by atoms with van der Waals surface area (Å²) in [6, 6.07) is 6.37. The minimum Gasteiger partial charge on any atom is -0.497 e. The SMILES string of the molecule is COc1ccc(CN(CCC(C)C)C2CC2)cc1B(O)O. The fourth-order valence-electron chi connectivity index (χ4n) is 2.57. The zero-order chi connectivity index (χ0) is 15.4. The Balaban J connectivity index is 2.07. The predicted octanol–water partition coefficient (Wildman–Crippen LogP) is 1.39. The van der Waals surface area contributed by atoms with Crippen LogP contribution in [0.15, 0.2) is 18.2 Å². The summed E-state index contributed by atoms with van der Waals surface area (Å²) < 4.78 is 5.17. The Labute approximate surface area is 127 Å². The van der Waals surface area contributed by atoms with E-state index in [0.717, 1.165) is 18.7 Å². The van der Waals surface area contributed by atoms with Crippen LogP contribution >= 0.6 is 0 Å². The first kappa shape index (κ1) is 16.3. The maximum Gasteiger partial charge on any atom is 0.492 e. The predicted molar refractivity (Wildman–Crippen MR) is 85.7 cm³/mol. The largest absolute Gasteiger partial charge is 0.497 e. The van der Waals surface area contributed by atoms with E-state index in [1.165, 1.54) is 19.3 Å². The number of nitrogens with zero attached hydrogens (tertiary/aromatic N) is 1. The van der Waals surface area contributed by atoms with Crippen molar-refractivity contribution in [2.45, 2.75) is 45.7 Å². The highest BCUT2D eigenvalue weighted by Crippen LogP contribution is 2.29. The molecule has 0 spiro atoms. The highest BCUT2D eigenvalue weighted by molar-refractivity contribution is 6.59. The fraction of sp³-hybridized carbons (Fsp3) is 0.625. The van der Waals surface area contributed by atoms with E-state index in [1.807, 2.05) is 18.2 Å². The van der Waals surface area contributed by atoms with Gasteiger partial charge in [-0.2, -0.15) is 0 Å². The second kappa shape index (κ2) is 7.30. The van der Waals surface area contributed by atoms with Crippen LogP contribution in [-0.4, -0.2) is 41.8 Å². The number of hydrogen-bond donors (Lipinski definition) is 2. The van der Waals surface area contributed by atoms with Crippen LogP contribution in [0.1, 0.15) is 38.7 Å². The molecule has 1 aliphatic carbocycles. The van der Waals surface area contributed by atoms with Crippen molar-refractivity contribution in [2.24, 2.45) is 5.92 Å². The standard InChI is InChI=1S/C16H26BNO3/c1-12(2)8-9-18(14-5-6-14)11-13-4-7-16(21-3)15(10-13)17(19)20/h4,7,10,12,14,19-20H,5-6,8-9,11H2,1-3H3. The van der Waals surface area contributed by atoms with Gasteiger partial charge < -0.3 is 14.8 Å². The fourth-order valence-corrected chi connectivity index (χ4v) is 2.57. The average Bonchev–Trinajstić information content (AvgIpc) is 3.27. The summed E-state index contributed by atoms with van der Waals surface area (Å²) in [5.74, 6) is 1.23. The van der Waals surface area contributed by atoms with Crippen LogP contribution < -0.4 is 10.2 Å². The lowest BCUT2D eigenvalue weighted by atomic mass is 9.78. The van der Waals surface area contributed by atoms with Gasteiger partial charge >= 0.3 is 7.12 Å². The van der Waals surface area contributed by atoms with Crippen molar-refractivity contribution in [3.63, 3.8) is 0 Å². The molecule has 2 rings (SSSR count). The molecule has 5 heteroatoms. The van der Waals surface area contributed by atoms with Crippen molar-refractivity contribution in [1.82, 2.24) is 4.90 Å². The molecule has 4 nitrogen and oxygen atoms in total. The Bertz CT molecular complexity index is 461. The number of rotatable bonds is 8. The normalized spacial score (nSPS) is 14.8. The average molecular weight is 291 g/mol. The molecule has 0 aromatic heterocycles. The van der Waals surface area contributed by atoms with Gasteiger partial charge in [-0.15, -0.1) is 0 Å². The van der Waals surface area contributed by atoms with Gasteiger partial charge in [-0.1, -0.05) is 26.0 Å². The van der Waals surface area contributed by atoms with Crippen LogP contribution in [0.5, 0.6) is 5.75 Å². The molecule has 1 aliphatic rings. The summed E-state index contributed by atoms with van der Waals surface area (Å²) in [6.07, 6.45) is 3.76. The Morgan fingerprint density at radius 2 is 2.05 bits per heavy atom. The lowest BCUT2D eigenvalue weighted by Crippen LogP contribution is -2.33. The Morgan fingerprint density at radius 1 is 1.33 bits per heavy atom. The van der Waals surface area contributed by atoms with E-state index in [0.29, 0.717) is 23.2 Å². The third kappa shape index (κ3) is 4.73. The van der Waals surface area contributed by atoms with Crippen molar-refractivity contribution in [3.05, 3.63) is 23.8 Å². The molecule has 0 atom stereocenters. The van der Waals surface area contributed by atoms with Gasteiger partial charge in [-0.25, -0.2) is 0 Å². The van der Waals surface area contributed by atoms with Crippen molar-refractivity contribution < 1.29 is 14.8 Å². The van der Waals surface area contributed by atoms with Crippen molar-refractivity contribution >= 4 is 12.6 Å². The van der Waals surface area contributed by atoms with E-state index in [4.69, 9.17) is 4.74 Å². The number of ether oxygens (including phenoxy) is 1. The zero-order valence-electron chi connectivity index (χ0n) is 13.2. The summed E-state index contributed by atoms with van der Waals surface area (Å²) in [4.78, 5) is 2.51. The lowest BCUT2D eigenvalue weighted by molar-refractivity contribution is 0.239. The Kier molecular flexibility index (Phi) is 5.68. The molecule has 1 aromatic carbocycles. The van der Waals surface area contributed by atoms with E-state index < -0.39 is 7.12 Å². The van der Waals surface area contributed by atoms with E-state index >= 15 is 0 Å². The number of methoxy groups -OCH3 is 1. The van der Waals surface area contributed by atoms with Crippen LogP contribution in [0, 0.1) is 5.92 Å². The van der Waals surface area contributed by atoms with Gasteiger partial charge in [0, 0.05) is 18.0 Å². The summed E-state index contributed by atoms with van der Waals surface area (Å²) in [5.41, 5.74) is 1.55. The molecular formula is C16H26BNO3. The van der Waals surface area contributed by atoms with Gasteiger partial charge in [0.05, 0.1) is 7.11 Å². The van der Waals surface area contributed by atoms with Gasteiger partial charge in [0.1, 0.15) is 5.75 Å². The van der Waals surface area contributed by atoms with Crippen LogP contribution in [0.25, 0.3) is 0 Å². The van der Waals surface area contributed by atoms with Crippen molar-refractivity contribution in [2.75, 3.05) is 13.7 Å². The van der Waals surface area contributed by atoms with Crippen LogP contribution in [0.2, 0.25) is 0 Å². The van der Waals surface area contributed by atoms with E-state index in [2.05, 4.69) is 18.7 Å². The third-order valence-corrected chi connectivity index (χ3v) is 4.01. The summed E-state index contributed by atoms with van der Waals surface area (Å²) in [5, 5.41) is 18.9. The molecule has 21 heavy (non-hydrogen) atoms. The molecule has 0 amide bonds. The summed E-state index contributed by atoms with van der Waals surface area (Å²) in [7, 11) is 0.0463. The van der Waals surface area contributed by atoms with Gasteiger partial charge in [0.25, 0.3) is 0 Å². The molecule has 0 heterocycles. The highest BCUT2D eigenvalue weighted by Gasteiger charge is 2.29. The molecular weight excluding hydrogens is 265 g/mol. The van der Waals surface area contributed by atoms with E-state index in [-0.39, 0.29) is 0 Å². The smallest absolute Gasteiger partial charge is 0.492 e. The quantitative estimate of drug-likeness (QED) is 0.711. The monoisotopic (exact) mass is 291 g/mol. The second-order valence-corrected chi connectivity index (χ2v) is 6.33. The topological polar surface area (TPSA) is 52.9 Å². The minimum atomic E-state index is -1.50. The van der Waals surface area contributed by atoms with E-state index in [1.54, 1.807) is 7.11 Å². The molecule has 1 aromatic rings. The molecule has 0 saturated heterocycles. The Hall–Kier alpha value is -1.04. The van der Waals surface area contributed by atoms with Crippen LogP contribution in [0.3, 0.4) is 0 Å². The van der Waals surface area contributed by atoms with Crippen molar-refractivity contribution in [3.8, 4) is 5.75 Å². The summed E-state index contributed by atoms with van der Waals surface area (Å²) >= 11 is 0. The third-order valence-electron chi connectivity index (χ3n) is 4.01. The maximum atomic E-state index is 9.45. The molecule has 1 saturated carbocycles. The van der Waals surface area contributed by atoms with Gasteiger partial charge in [-0.3, -0.25) is 4.90 Å². The van der Waals surface area contributed by atoms with Gasteiger partial charge in [-0.05, 0) is 43.4 Å². The van der Waals surface area contributed by atoms with E-state index in [9.17, 15) is 10.0 Å². The van der Waals surface area contributed by atoms with Crippen molar-refractivity contribution in [1.29, 1.82) is 0 Å². The molecule has 1 fully saturated rings. The second-order valence-electron chi connectivity index (χ2n) is 6.33. The molecule has 0 radical (unpaired) electrons. The Morgan fingerprint density at radius 3 is 2.57 bits per heavy atom. The number of hydrogen-bond acceptors (Lipinski definition) is 4. The first-order valence-electron chi connectivity index (χ1n) is 7.78. The molecule has 0 aliphatic heterocycles. The zero-order valence-corrected chi connectivity index (χ0v) is 13.2. The molecule has 0 bridgehead atoms. The molecule has 2 N–H and O–H groups in total. The highest BCUT2D eigenvalue weighted by atomic mass is 16.5. The van der Waals surface area contributed by atoms with Crippen LogP contribution in [0.4, 0.5) is 0 Å². The van der Waals surface area contributed by atoms with Gasteiger partial charge in [0.2, 0.25) is 0 Å². The van der Waals surface area contributed by atoms with Crippen LogP contribution in [-0.2, 0) is 6.54 Å². The lowest BCUT2D eigenvalue weighted by Gasteiger charge is -2.23. The summed E-state index contributed by atoms with van der Waals surface area (Å²) in [6.45, 7) is 6.46.